The zero-order valence-electron chi connectivity index (χ0n) is 9.37. The third-order valence-corrected chi connectivity index (χ3v) is 3.28. The number of hydrogen-bond donors (Lipinski definition) is 1. The highest BCUT2D eigenvalue weighted by atomic mass is 16.5. The van der Waals surface area contributed by atoms with Gasteiger partial charge in [0.15, 0.2) is 0 Å². The number of amides is 1. The van der Waals surface area contributed by atoms with Crippen molar-refractivity contribution in [3.8, 4) is 0 Å². The van der Waals surface area contributed by atoms with Gasteiger partial charge in [0, 0.05) is 32.1 Å². The number of carbonyl (C=O) groups excluding carboxylic acids is 1. The fourth-order valence-corrected chi connectivity index (χ4v) is 1.98. The Morgan fingerprint density at radius 1 is 1.47 bits per heavy atom. The van der Waals surface area contributed by atoms with Gasteiger partial charge >= 0.3 is 0 Å². The number of morpholine rings is 1. The molecule has 0 unspecified atom stereocenters. The third kappa shape index (κ3) is 3.18. The van der Waals surface area contributed by atoms with Gasteiger partial charge in [0.25, 0.3) is 0 Å². The molecular weight excluding hydrogens is 192 g/mol. The highest BCUT2D eigenvalue weighted by Crippen LogP contribution is 2.37. The minimum absolute atomic E-state index is 0.246. The molecule has 86 valence electrons. The Hall–Kier alpha value is -0.610. The molecule has 1 saturated heterocycles. The molecule has 0 aromatic rings. The molecule has 1 N–H and O–H groups in total. The van der Waals surface area contributed by atoms with Crippen LogP contribution in [0.4, 0.5) is 0 Å². The first kappa shape index (κ1) is 10.9. The van der Waals surface area contributed by atoms with E-state index in [1.165, 1.54) is 0 Å². The zero-order chi connectivity index (χ0) is 10.7. The van der Waals surface area contributed by atoms with E-state index in [4.69, 9.17) is 4.74 Å². The minimum atomic E-state index is 0.246. The summed E-state index contributed by atoms with van der Waals surface area (Å²) in [4.78, 5) is 13.8. The van der Waals surface area contributed by atoms with Crippen molar-refractivity contribution in [1.29, 1.82) is 0 Å². The zero-order valence-corrected chi connectivity index (χ0v) is 9.37. The summed E-state index contributed by atoms with van der Waals surface area (Å²) in [6.07, 6.45) is 1.07. The lowest BCUT2D eigenvalue weighted by Gasteiger charge is -2.26. The number of carbonyl (C=O) groups is 1. The van der Waals surface area contributed by atoms with E-state index >= 15 is 0 Å². The summed E-state index contributed by atoms with van der Waals surface area (Å²) in [5.41, 5.74) is 0. The molecule has 0 bridgehead atoms. The number of nitrogens with zero attached hydrogens (tertiary/aromatic N) is 1. The van der Waals surface area contributed by atoms with Crippen LogP contribution in [0.3, 0.4) is 0 Å². The summed E-state index contributed by atoms with van der Waals surface area (Å²) in [6, 6.07) is 0. The molecule has 0 radical (unpaired) electrons. The van der Waals surface area contributed by atoms with Gasteiger partial charge < -0.3 is 10.1 Å². The van der Waals surface area contributed by atoms with Gasteiger partial charge in [0.2, 0.25) is 5.91 Å². The van der Waals surface area contributed by atoms with Crippen LogP contribution in [-0.4, -0.2) is 50.2 Å². The Kier molecular flexibility index (Phi) is 3.59. The van der Waals surface area contributed by atoms with Crippen molar-refractivity contribution in [2.24, 2.45) is 11.8 Å². The first-order valence-electron chi connectivity index (χ1n) is 5.85. The van der Waals surface area contributed by atoms with E-state index < -0.39 is 0 Å². The van der Waals surface area contributed by atoms with Gasteiger partial charge in [0.05, 0.1) is 13.2 Å². The fraction of sp³-hybridized carbons (Fsp3) is 0.909. The second-order valence-electron chi connectivity index (χ2n) is 4.56. The molecule has 2 aliphatic rings. The maximum absolute atomic E-state index is 11.5. The normalized spacial score (nSPS) is 31.3. The molecule has 0 spiro atoms. The largest absolute Gasteiger partial charge is 0.379 e. The van der Waals surface area contributed by atoms with Gasteiger partial charge in [-0.3, -0.25) is 9.69 Å². The molecule has 2 rings (SSSR count). The summed E-state index contributed by atoms with van der Waals surface area (Å²) in [6.45, 7) is 7.51. The van der Waals surface area contributed by atoms with Crippen LogP contribution >= 0.6 is 0 Å². The van der Waals surface area contributed by atoms with Crippen LogP contribution in [0.15, 0.2) is 0 Å². The summed E-state index contributed by atoms with van der Waals surface area (Å²) in [5, 5.41) is 3.00. The molecule has 0 aromatic carbocycles. The molecule has 4 nitrogen and oxygen atoms in total. The standard InChI is InChI=1S/C11H20N2O2/c1-9-8-10(9)11(14)12-2-3-13-4-6-15-7-5-13/h9-10H,2-8H2,1H3,(H,12,14)/t9-,10-/m1/s1. The SMILES string of the molecule is C[C@@H]1C[C@H]1C(=O)NCCN1CCOCC1. The summed E-state index contributed by atoms with van der Waals surface area (Å²) in [5.74, 6) is 1.15. The van der Waals surface area contributed by atoms with Gasteiger partial charge in [0.1, 0.15) is 0 Å². The van der Waals surface area contributed by atoms with Crippen LogP contribution in [0.2, 0.25) is 0 Å². The van der Waals surface area contributed by atoms with Gasteiger partial charge in [-0.2, -0.15) is 0 Å². The average Bonchev–Trinajstić information content (AvgIpc) is 2.97. The molecule has 2 atom stereocenters. The smallest absolute Gasteiger partial charge is 0.223 e. The van der Waals surface area contributed by atoms with E-state index in [0.717, 1.165) is 45.8 Å². The summed E-state index contributed by atoms with van der Waals surface area (Å²) in [7, 11) is 0. The average molecular weight is 212 g/mol. The lowest BCUT2D eigenvalue weighted by atomic mass is 10.3. The van der Waals surface area contributed by atoms with Crippen molar-refractivity contribution < 1.29 is 9.53 Å². The topological polar surface area (TPSA) is 41.6 Å². The lowest BCUT2D eigenvalue weighted by Crippen LogP contribution is -2.41. The third-order valence-electron chi connectivity index (χ3n) is 3.28. The lowest BCUT2D eigenvalue weighted by molar-refractivity contribution is -0.122. The number of ether oxygens (including phenoxy) is 1. The Morgan fingerprint density at radius 3 is 2.73 bits per heavy atom. The van der Waals surface area contributed by atoms with Crippen LogP contribution in [0, 0.1) is 11.8 Å². The van der Waals surface area contributed by atoms with Crippen molar-refractivity contribution in [1.82, 2.24) is 10.2 Å². The Bertz CT molecular complexity index is 227. The van der Waals surface area contributed by atoms with E-state index in [1.807, 2.05) is 0 Å². The highest BCUT2D eigenvalue weighted by Gasteiger charge is 2.38. The van der Waals surface area contributed by atoms with Crippen molar-refractivity contribution in [3.05, 3.63) is 0 Å². The molecule has 1 aliphatic carbocycles. The monoisotopic (exact) mass is 212 g/mol. The second kappa shape index (κ2) is 4.94. The van der Waals surface area contributed by atoms with Crippen molar-refractivity contribution in [2.45, 2.75) is 13.3 Å². The fourth-order valence-electron chi connectivity index (χ4n) is 1.98. The predicted molar refractivity (Wildman–Crippen MR) is 57.5 cm³/mol. The molecule has 1 amide bonds. The van der Waals surface area contributed by atoms with Gasteiger partial charge in [-0.15, -0.1) is 0 Å². The van der Waals surface area contributed by atoms with Crippen LogP contribution in [0.5, 0.6) is 0 Å². The number of rotatable bonds is 4. The van der Waals surface area contributed by atoms with Crippen LogP contribution in [-0.2, 0) is 9.53 Å². The first-order valence-corrected chi connectivity index (χ1v) is 5.85. The molecule has 1 aliphatic heterocycles. The molecule has 1 saturated carbocycles. The molecule has 15 heavy (non-hydrogen) atoms. The minimum Gasteiger partial charge on any atom is -0.379 e. The van der Waals surface area contributed by atoms with E-state index in [9.17, 15) is 4.79 Å². The van der Waals surface area contributed by atoms with Gasteiger partial charge in [-0.05, 0) is 12.3 Å². The summed E-state index contributed by atoms with van der Waals surface area (Å²) < 4.78 is 5.26. The molecule has 1 heterocycles. The predicted octanol–water partition coefficient (Wildman–Crippen LogP) is 0.0908. The Labute approximate surface area is 91.0 Å². The molecule has 0 aromatic heterocycles. The van der Waals surface area contributed by atoms with Crippen molar-refractivity contribution >= 4 is 5.91 Å². The maximum atomic E-state index is 11.5. The first-order chi connectivity index (χ1) is 7.27. The summed E-state index contributed by atoms with van der Waals surface area (Å²) >= 11 is 0. The number of nitrogens with one attached hydrogen (secondary N) is 1. The number of hydrogen-bond acceptors (Lipinski definition) is 3. The highest BCUT2D eigenvalue weighted by molar-refractivity contribution is 5.81. The Morgan fingerprint density at radius 2 is 2.13 bits per heavy atom. The molecule has 4 heteroatoms. The molecular formula is C11H20N2O2. The quantitative estimate of drug-likeness (QED) is 0.718. The van der Waals surface area contributed by atoms with Crippen molar-refractivity contribution in [3.63, 3.8) is 0 Å². The van der Waals surface area contributed by atoms with Crippen molar-refractivity contribution in [2.75, 3.05) is 39.4 Å². The molecule has 2 fully saturated rings. The second-order valence-corrected chi connectivity index (χ2v) is 4.56. The van der Waals surface area contributed by atoms with E-state index in [-0.39, 0.29) is 5.91 Å². The maximum Gasteiger partial charge on any atom is 0.223 e. The Balaban J connectivity index is 1.56. The van der Waals surface area contributed by atoms with Crippen LogP contribution < -0.4 is 5.32 Å². The van der Waals surface area contributed by atoms with Gasteiger partial charge in [-0.1, -0.05) is 6.92 Å². The van der Waals surface area contributed by atoms with Crippen LogP contribution in [0.25, 0.3) is 0 Å². The van der Waals surface area contributed by atoms with E-state index in [0.29, 0.717) is 11.8 Å². The van der Waals surface area contributed by atoms with E-state index in [2.05, 4.69) is 17.1 Å². The van der Waals surface area contributed by atoms with Crippen LogP contribution in [0.1, 0.15) is 13.3 Å². The van der Waals surface area contributed by atoms with E-state index in [1.54, 1.807) is 0 Å². The van der Waals surface area contributed by atoms with Gasteiger partial charge in [-0.25, -0.2) is 0 Å².